The number of methoxy groups -OCH3 is 1. The maximum Gasteiger partial charge on any atom is 0.339 e. The third-order valence-corrected chi connectivity index (χ3v) is 8.64. The van der Waals surface area contributed by atoms with Crippen LogP contribution in [-0.4, -0.2) is 44.7 Å². The number of hydrogen-bond acceptors (Lipinski definition) is 8. The summed E-state index contributed by atoms with van der Waals surface area (Å²) in [6.45, 7) is 0.123. The molecule has 0 aromatic heterocycles. The molecule has 8 nitrogen and oxygen atoms in total. The van der Waals surface area contributed by atoms with Crippen molar-refractivity contribution in [1.82, 2.24) is 4.90 Å². The number of hydrogen-bond donors (Lipinski definition) is 0. The van der Waals surface area contributed by atoms with E-state index in [-0.39, 0.29) is 34.5 Å². The minimum absolute atomic E-state index is 0.00924. The van der Waals surface area contributed by atoms with Crippen LogP contribution >= 0.6 is 57.6 Å². The standard InChI is InChI=1S/C25H18Cl2INO7S2/c1-34-21-13-15(12-19(28)23(21)36-38(32,33)17-8-6-16(26)7-9-17)14-22-24(30)29(25(31)37-22)10-11-35-20-5-3-2-4-18(20)27/h2-9,12-14H,10-11H2,1H3/b22-14-. The van der Waals surface area contributed by atoms with E-state index in [1.807, 2.05) is 22.6 Å². The molecule has 0 saturated carbocycles. The largest absolute Gasteiger partial charge is 0.493 e. The van der Waals surface area contributed by atoms with E-state index in [0.29, 0.717) is 24.9 Å². The van der Waals surface area contributed by atoms with E-state index in [1.54, 1.807) is 30.3 Å². The van der Waals surface area contributed by atoms with Crippen LogP contribution in [-0.2, 0) is 14.9 Å². The minimum Gasteiger partial charge on any atom is -0.493 e. The molecule has 0 unspecified atom stereocenters. The van der Waals surface area contributed by atoms with Gasteiger partial charge in [0.1, 0.15) is 17.3 Å². The first-order valence-electron chi connectivity index (χ1n) is 10.8. The highest BCUT2D eigenvalue weighted by molar-refractivity contribution is 14.1. The van der Waals surface area contributed by atoms with Gasteiger partial charge in [0.2, 0.25) is 0 Å². The van der Waals surface area contributed by atoms with Crippen molar-refractivity contribution in [3.63, 3.8) is 0 Å². The number of imide groups is 1. The molecule has 4 rings (SSSR count). The van der Waals surface area contributed by atoms with Gasteiger partial charge in [-0.25, -0.2) is 0 Å². The maximum absolute atomic E-state index is 12.9. The molecule has 1 heterocycles. The van der Waals surface area contributed by atoms with Crippen LogP contribution in [0.2, 0.25) is 10.0 Å². The SMILES string of the molecule is COc1cc(/C=C2\SC(=O)N(CCOc3ccccc3Cl)C2=O)cc(I)c1OS(=O)(=O)c1ccc(Cl)cc1. The Hall–Kier alpha value is -2.45. The molecule has 38 heavy (non-hydrogen) atoms. The Labute approximate surface area is 247 Å². The van der Waals surface area contributed by atoms with Crippen molar-refractivity contribution >= 4 is 84.9 Å². The lowest BCUT2D eigenvalue weighted by Crippen LogP contribution is -2.32. The number of thioether (sulfide) groups is 1. The van der Waals surface area contributed by atoms with Gasteiger partial charge in [0.25, 0.3) is 11.1 Å². The van der Waals surface area contributed by atoms with E-state index in [4.69, 9.17) is 36.9 Å². The first kappa shape index (κ1) is 28.6. The van der Waals surface area contributed by atoms with Gasteiger partial charge in [0, 0.05) is 5.02 Å². The predicted octanol–water partition coefficient (Wildman–Crippen LogP) is 6.49. The normalized spacial score (nSPS) is 14.7. The van der Waals surface area contributed by atoms with Crippen molar-refractivity contribution in [1.29, 1.82) is 0 Å². The topological polar surface area (TPSA) is 99.2 Å². The van der Waals surface area contributed by atoms with E-state index >= 15 is 0 Å². The van der Waals surface area contributed by atoms with Crippen LogP contribution in [0.25, 0.3) is 6.08 Å². The average Bonchev–Trinajstić information content (AvgIpc) is 3.14. The van der Waals surface area contributed by atoms with Crippen LogP contribution in [0, 0.1) is 3.57 Å². The summed E-state index contributed by atoms with van der Waals surface area (Å²) in [4.78, 5) is 26.6. The first-order chi connectivity index (χ1) is 18.1. The highest BCUT2D eigenvalue weighted by Crippen LogP contribution is 2.38. The van der Waals surface area contributed by atoms with Gasteiger partial charge in [-0.15, -0.1) is 0 Å². The fraction of sp³-hybridized carbons (Fsp3) is 0.120. The number of amides is 2. The molecule has 1 fully saturated rings. The van der Waals surface area contributed by atoms with Crippen LogP contribution in [0.5, 0.6) is 17.2 Å². The van der Waals surface area contributed by atoms with Crippen LogP contribution in [0.3, 0.4) is 0 Å². The summed E-state index contributed by atoms with van der Waals surface area (Å²) in [6, 6.07) is 15.6. The zero-order chi connectivity index (χ0) is 27.4. The zero-order valence-corrected chi connectivity index (χ0v) is 24.8. The Bertz CT molecular complexity index is 1530. The Morgan fingerprint density at radius 3 is 2.42 bits per heavy atom. The van der Waals surface area contributed by atoms with Gasteiger partial charge < -0.3 is 13.7 Å². The first-order valence-corrected chi connectivity index (χ1v) is 14.9. The van der Waals surface area contributed by atoms with Crippen molar-refractivity contribution in [3.05, 3.63) is 84.7 Å². The number of carbonyl (C=O) groups is 2. The van der Waals surface area contributed by atoms with Crippen LogP contribution in [0.1, 0.15) is 5.56 Å². The molecular formula is C25H18Cl2INO7S2. The van der Waals surface area contributed by atoms with Crippen LogP contribution in [0.15, 0.2) is 70.5 Å². The van der Waals surface area contributed by atoms with Crippen LogP contribution in [0.4, 0.5) is 4.79 Å². The van der Waals surface area contributed by atoms with E-state index < -0.39 is 21.3 Å². The second-order valence-electron chi connectivity index (χ2n) is 7.64. The molecule has 1 saturated heterocycles. The fourth-order valence-electron chi connectivity index (χ4n) is 3.32. The summed E-state index contributed by atoms with van der Waals surface area (Å²) in [5, 5.41) is 0.385. The lowest BCUT2D eigenvalue weighted by molar-refractivity contribution is -0.123. The van der Waals surface area contributed by atoms with Gasteiger partial charge in [0.05, 0.1) is 27.2 Å². The van der Waals surface area contributed by atoms with E-state index in [0.717, 1.165) is 16.7 Å². The quantitative estimate of drug-likeness (QED) is 0.142. The summed E-state index contributed by atoms with van der Waals surface area (Å²) in [5.41, 5.74) is 0.514. The third kappa shape index (κ3) is 6.57. The molecule has 0 spiro atoms. The Kier molecular flexibility index (Phi) is 9.14. The summed E-state index contributed by atoms with van der Waals surface area (Å²) < 4.78 is 42.3. The van der Waals surface area contributed by atoms with Gasteiger partial charge in [-0.05, 0) is 94.5 Å². The molecule has 1 aliphatic heterocycles. The monoisotopic (exact) mass is 705 g/mol. The van der Waals surface area contributed by atoms with Crippen LogP contribution < -0.4 is 13.7 Å². The van der Waals surface area contributed by atoms with Gasteiger partial charge in [-0.3, -0.25) is 14.5 Å². The Morgan fingerprint density at radius 1 is 1.03 bits per heavy atom. The fourth-order valence-corrected chi connectivity index (χ4v) is 6.34. The molecule has 0 radical (unpaired) electrons. The molecule has 13 heteroatoms. The molecule has 0 bridgehead atoms. The molecule has 0 N–H and O–H groups in total. The number of nitrogens with zero attached hydrogens (tertiary/aromatic N) is 1. The molecule has 0 aliphatic carbocycles. The average molecular weight is 706 g/mol. The molecule has 1 aliphatic rings. The predicted molar refractivity (Wildman–Crippen MR) is 155 cm³/mol. The second kappa shape index (κ2) is 12.2. The Balaban J connectivity index is 1.50. The van der Waals surface area contributed by atoms with Gasteiger partial charge >= 0.3 is 10.1 Å². The summed E-state index contributed by atoms with van der Waals surface area (Å²) in [6.07, 6.45) is 1.53. The van der Waals surface area contributed by atoms with Crippen molar-refractivity contribution in [2.24, 2.45) is 0 Å². The smallest absolute Gasteiger partial charge is 0.339 e. The van der Waals surface area contributed by atoms with Gasteiger partial charge in [0.15, 0.2) is 11.5 Å². The third-order valence-electron chi connectivity index (χ3n) is 5.13. The number of para-hydroxylation sites is 1. The van der Waals surface area contributed by atoms with Gasteiger partial charge in [-0.1, -0.05) is 35.3 Å². The number of carbonyl (C=O) groups excluding carboxylic acids is 2. The van der Waals surface area contributed by atoms with Crippen molar-refractivity contribution in [2.45, 2.75) is 4.90 Å². The molecule has 3 aromatic carbocycles. The highest BCUT2D eigenvalue weighted by Gasteiger charge is 2.35. The summed E-state index contributed by atoms with van der Waals surface area (Å²) >= 11 is 14.6. The highest BCUT2D eigenvalue weighted by atomic mass is 127. The second-order valence-corrected chi connectivity index (χ2v) is 12.2. The minimum atomic E-state index is -4.16. The number of benzene rings is 3. The Morgan fingerprint density at radius 2 is 1.74 bits per heavy atom. The number of rotatable bonds is 9. The molecule has 2 amide bonds. The van der Waals surface area contributed by atoms with Crippen molar-refractivity contribution in [3.8, 4) is 17.2 Å². The van der Waals surface area contributed by atoms with Gasteiger partial charge in [-0.2, -0.15) is 8.42 Å². The molecular weight excluding hydrogens is 688 g/mol. The van der Waals surface area contributed by atoms with E-state index in [2.05, 4.69) is 0 Å². The van der Waals surface area contributed by atoms with Crippen molar-refractivity contribution < 1.29 is 31.7 Å². The molecule has 3 aromatic rings. The lowest BCUT2D eigenvalue weighted by atomic mass is 10.2. The zero-order valence-electron chi connectivity index (χ0n) is 19.5. The summed E-state index contributed by atoms with van der Waals surface area (Å²) in [5.74, 6) is 0.110. The molecule has 198 valence electrons. The molecule has 0 atom stereocenters. The summed E-state index contributed by atoms with van der Waals surface area (Å²) in [7, 11) is -2.80. The number of halogens is 3. The van der Waals surface area contributed by atoms with E-state index in [9.17, 15) is 18.0 Å². The van der Waals surface area contributed by atoms with E-state index in [1.165, 1.54) is 43.5 Å². The lowest BCUT2D eigenvalue weighted by Gasteiger charge is -2.14. The maximum atomic E-state index is 12.9. The van der Waals surface area contributed by atoms with Crippen molar-refractivity contribution in [2.75, 3.05) is 20.3 Å². The number of ether oxygens (including phenoxy) is 2.